The van der Waals surface area contributed by atoms with E-state index in [0.717, 1.165) is 32.9 Å². The van der Waals surface area contributed by atoms with E-state index in [1.54, 1.807) is 26.0 Å². The van der Waals surface area contributed by atoms with Gasteiger partial charge >= 0.3 is 0 Å². The second-order valence-corrected chi connectivity index (χ2v) is 17.0. The first kappa shape index (κ1) is 40.1. The van der Waals surface area contributed by atoms with Crippen molar-refractivity contribution in [3.05, 3.63) is 169 Å². The molecule has 330 valence electrons. The Morgan fingerprint density at radius 2 is 0.779 bits per heavy atom. The number of aromatic hydroxyl groups is 6. The Bertz CT molecular complexity index is 3830. The first-order valence-corrected chi connectivity index (χ1v) is 21.9. The Hall–Kier alpha value is -9.42. The smallest absolute Gasteiger partial charge is 0.167 e. The molecule has 12 aromatic rings. The van der Waals surface area contributed by atoms with Crippen molar-refractivity contribution in [3.8, 4) is 68.1 Å². The number of pyridine rings is 2. The van der Waals surface area contributed by atoms with Crippen LogP contribution < -0.4 is 10.6 Å². The van der Waals surface area contributed by atoms with Crippen LogP contribution in [0.5, 0.6) is 34.5 Å². The number of phenolic OH excluding ortho intramolecular Hbond substituents is 6. The van der Waals surface area contributed by atoms with Crippen LogP contribution in [0.4, 0.5) is 23.0 Å². The number of aryl methyl sites for hydroxylation is 2. The lowest BCUT2D eigenvalue weighted by molar-refractivity contribution is 0.405. The molecule has 8 N–H and O–H groups in total. The number of nitrogens with one attached hydrogen (secondary N) is 2. The number of benzene rings is 8. The second-order valence-electron chi connectivity index (χ2n) is 17.0. The minimum absolute atomic E-state index is 0.182. The van der Waals surface area contributed by atoms with Gasteiger partial charge in [0.25, 0.3) is 0 Å². The molecule has 0 amide bonds. The number of rotatable bonds is 7. The molecule has 12 nitrogen and oxygen atoms in total. The summed E-state index contributed by atoms with van der Waals surface area (Å²) in [5.41, 5.74) is 5.31. The van der Waals surface area contributed by atoms with Crippen LogP contribution in [0.1, 0.15) is 11.1 Å². The van der Waals surface area contributed by atoms with E-state index in [0.29, 0.717) is 56.2 Å². The summed E-state index contributed by atoms with van der Waals surface area (Å²) in [7, 11) is 0. The third-order valence-corrected chi connectivity index (χ3v) is 13.0. The normalized spacial score (nSPS) is 11.7. The summed E-state index contributed by atoms with van der Waals surface area (Å²) in [5, 5.41) is 83.6. The molecule has 0 atom stereocenters. The van der Waals surface area contributed by atoms with E-state index in [2.05, 4.69) is 10.6 Å². The van der Waals surface area contributed by atoms with Crippen LogP contribution in [0.15, 0.2) is 158 Å². The van der Waals surface area contributed by atoms with E-state index in [9.17, 15) is 30.6 Å². The zero-order valence-electron chi connectivity index (χ0n) is 36.5. The van der Waals surface area contributed by atoms with E-state index in [-0.39, 0.29) is 44.5 Å². The number of hydrogen-bond acceptors (Lipinski definition) is 10. The van der Waals surface area contributed by atoms with Gasteiger partial charge in [-0.05, 0) is 107 Å². The van der Waals surface area contributed by atoms with Crippen LogP contribution in [0, 0.1) is 13.8 Å². The van der Waals surface area contributed by atoms with Gasteiger partial charge < -0.3 is 41.3 Å². The van der Waals surface area contributed by atoms with Crippen LogP contribution in [-0.4, -0.2) is 49.4 Å². The average molecular weight is 893 g/mol. The number of hydrogen-bond donors (Lipinski definition) is 8. The van der Waals surface area contributed by atoms with Crippen molar-refractivity contribution in [1.82, 2.24) is 18.8 Å². The highest BCUT2D eigenvalue weighted by atomic mass is 16.3. The first-order valence-electron chi connectivity index (χ1n) is 21.9. The van der Waals surface area contributed by atoms with Crippen molar-refractivity contribution in [2.24, 2.45) is 0 Å². The monoisotopic (exact) mass is 892 g/mol. The number of imidazole rings is 2. The number of fused-ring (bicyclic) bond motifs is 6. The van der Waals surface area contributed by atoms with Crippen LogP contribution in [0.2, 0.25) is 0 Å². The summed E-state index contributed by atoms with van der Waals surface area (Å²) >= 11 is 0. The molecule has 12 heteroatoms. The fraction of sp³-hybridized carbons (Fsp3) is 0.0357. The van der Waals surface area contributed by atoms with Crippen molar-refractivity contribution >= 4 is 77.4 Å². The summed E-state index contributed by atoms with van der Waals surface area (Å²) in [5.74, 6) is -1.35. The number of aromatic nitrogens is 4. The highest BCUT2D eigenvalue weighted by Gasteiger charge is 2.29. The summed E-state index contributed by atoms with van der Waals surface area (Å²) in [6, 6.07) is 45.1. The molecule has 0 saturated heterocycles. The highest BCUT2D eigenvalue weighted by molar-refractivity contribution is 6.13. The van der Waals surface area contributed by atoms with Crippen LogP contribution in [0.25, 0.3) is 88.0 Å². The quantitative estimate of drug-likeness (QED) is 0.0718. The van der Waals surface area contributed by atoms with Gasteiger partial charge in [-0.3, -0.25) is 8.80 Å². The second kappa shape index (κ2) is 15.1. The lowest BCUT2D eigenvalue weighted by Crippen LogP contribution is -1.99. The minimum atomic E-state index is -0.490. The molecule has 0 bridgehead atoms. The van der Waals surface area contributed by atoms with Crippen LogP contribution >= 0.6 is 0 Å². The molecular formula is C56H40N6O6. The van der Waals surface area contributed by atoms with Gasteiger partial charge in [-0.15, -0.1) is 0 Å². The number of anilines is 4. The Morgan fingerprint density at radius 1 is 0.382 bits per heavy atom. The minimum Gasteiger partial charge on any atom is -0.507 e. The number of phenols is 6. The summed E-state index contributed by atoms with van der Waals surface area (Å²) in [6.45, 7) is 3.57. The van der Waals surface area contributed by atoms with Gasteiger partial charge in [-0.1, -0.05) is 84.9 Å². The van der Waals surface area contributed by atoms with Crippen molar-refractivity contribution in [3.63, 3.8) is 0 Å². The molecule has 0 unspecified atom stereocenters. The molecule has 0 radical (unpaired) electrons. The molecule has 4 aromatic heterocycles. The third-order valence-electron chi connectivity index (χ3n) is 13.0. The number of nitrogens with zero attached hydrogens (tertiary/aromatic N) is 4. The topological polar surface area (TPSA) is 180 Å². The molecule has 0 saturated carbocycles. The van der Waals surface area contributed by atoms with Gasteiger partial charge in [0, 0.05) is 56.4 Å². The lowest BCUT2D eigenvalue weighted by Gasteiger charge is -2.20. The third kappa shape index (κ3) is 6.01. The molecule has 4 heterocycles. The van der Waals surface area contributed by atoms with E-state index in [1.165, 1.54) is 12.1 Å². The van der Waals surface area contributed by atoms with Crippen molar-refractivity contribution < 1.29 is 30.6 Å². The fourth-order valence-electron chi connectivity index (χ4n) is 9.87. The van der Waals surface area contributed by atoms with E-state index >= 15 is 0 Å². The predicted molar refractivity (Wildman–Crippen MR) is 269 cm³/mol. The van der Waals surface area contributed by atoms with Gasteiger partial charge in [0.15, 0.2) is 23.0 Å². The summed E-state index contributed by atoms with van der Waals surface area (Å²) in [4.78, 5) is 9.94. The molecule has 0 aliphatic rings. The van der Waals surface area contributed by atoms with E-state index < -0.39 is 23.0 Å². The molecule has 0 spiro atoms. The largest absolute Gasteiger partial charge is 0.507 e. The Balaban J connectivity index is 1.05. The average Bonchev–Trinajstić information content (AvgIpc) is 3.89. The Morgan fingerprint density at radius 3 is 1.22 bits per heavy atom. The molecule has 68 heavy (non-hydrogen) atoms. The maximum atomic E-state index is 12.5. The molecule has 0 aliphatic heterocycles. The standard InChI is InChI=1S/C56H40N6O6/c1-29-25-35-37(27-41(63)53(67)47(35)49-55(61-23-9-7-21-43(61)59-49)57-39-19-11-15-31-13-3-5-17-33(31)39)51(65)45(29)46-30(2)26-36-38(52(46)66)28-42(64)54(68)48(36)50-56(62-24-10-8-22-44(62)60-50)58-40-20-12-16-32-14-4-6-18-34(32)40/h3-28,57-58,63-68H,1-2H3. The fourth-order valence-corrected chi connectivity index (χ4v) is 9.87. The molecular weight excluding hydrogens is 853 g/mol. The maximum absolute atomic E-state index is 12.5. The van der Waals surface area contributed by atoms with Crippen molar-refractivity contribution in [2.45, 2.75) is 13.8 Å². The lowest BCUT2D eigenvalue weighted by atomic mass is 9.86. The van der Waals surface area contributed by atoms with Crippen molar-refractivity contribution in [1.29, 1.82) is 0 Å². The van der Waals surface area contributed by atoms with Crippen molar-refractivity contribution in [2.75, 3.05) is 10.6 Å². The zero-order valence-corrected chi connectivity index (χ0v) is 36.5. The summed E-state index contributed by atoms with van der Waals surface area (Å²) in [6.07, 6.45) is 3.71. The van der Waals surface area contributed by atoms with Gasteiger partial charge in [-0.2, -0.15) is 0 Å². The Labute approximate surface area is 387 Å². The zero-order chi connectivity index (χ0) is 46.5. The van der Waals surface area contributed by atoms with E-state index in [1.807, 2.05) is 143 Å². The van der Waals surface area contributed by atoms with Gasteiger partial charge in [0.1, 0.15) is 45.8 Å². The Kier molecular flexibility index (Phi) is 8.89. The molecule has 12 rings (SSSR count). The highest BCUT2D eigenvalue weighted by Crippen LogP contribution is 2.55. The summed E-state index contributed by atoms with van der Waals surface area (Å²) < 4.78 is 3.72. The molecule has 0 aliphatic carbocycles. The molecule has 8 aromatic carbocycles. The SMILES string of the molecule is Cc1cc2c(-c3nc4ccccn4c3Nc3cccc4ccccc34)c(O)c(O)cc2c(O)c1-c1c(C)cc2c(-c3nc4ccccn4c3Nc3cccc4ccccc34)c(O)c(O)cc2c1O. The van der Waals surface area contributed by atoms with Gasteiger partial charge in [-0.25, -0.2) is 9.97 Å². The first-order chi connectivity index (χ1) is 33.0. The maximum Gasteiger partial charge on any atom is 0.167 e. The van der Waals surface area contributed by atoms with Crippen LogP contribution in [-0.2, 0) is 0 Å². The van der Waals surface area contributed by atoms with Gasteiger partial charge in [0.05, 0.1) is 11.1 Å². The molecule has 0 fully saturated rings. The van der Waals surface area contributed by atoms with E-state index in [4.69, 9.17) is 9.97 Å². The van der Waals surface area contributed by atoms with Crippen LogP contribution in [0.3, 0.4) is 0 Å². The predicted octanol–water partition coefficient (Wildman–Crippen LogP) is 12.9. The van der Waals surface area contributed by atoms with Gasteiger partial charge in [0.2, 0.25) is 0 Å².